The molecule has 0 saturated carbocycles. The van der Waals surface area contributed by atoms with Gasteiger partial charge in [0.2, 0.25) is 0 Å². The largest absolute Gasteiger partial charge is 0.411 e. The summed E-state index contributed by atoms with van der Waals surface area (Å²) in [4.78, 5) is 35.7. The van der Waals surface area contributed by atoms with Crippen molar-refractivity contribution >= 4 is 16.8 Å². The van der Waals surface area contributed by atoms with Gasteiger partial charge in [0.25, 0.3) is 5.89 Å². The summed E-state index contributed by atoms with van der Waals surface area (Å²) in [6.45, 7) is 0.376. The Morgan fingerprint density at radius 3 is 2.88 bits per heavy atom. The van der Waals surface area contributed by atoms with Gasteiger partial charge >= 0.3 is 11.8 Å². The summed E-state index contributed by atoms with van der Waals surface area (Å²) in [5, 5.41) is 8.70. The van der Waals surface area contributed by atoms with Crippen molar-refractivity contribution in [2.75, 3.05) is 6.54 Å². The first kappa shape index (κ1) is 19.2. The Bertz CT molecular complexity index is 1480. The van der Waals surface area contributed by atoms with E-state index in [0.29, 0.717) is 24.5 Å². The van der Waals surface area contributed by atoms with E-state index >= 15 is 0 Å². The fraction of sp³-hybridized carbons (Fsp3) is 0.136. The fourth-order valence-corrected chi connectivity index (χ4v) is 3.91. The molecule has 33 heavy (non-hydrogen) atoms. The van der Waals surface area contributed by atoms with E-state index in [1.807, 2.05) is 24.3 Å². The lowest BCUT2D eigenvalue weighted by Gasteiger charge is -2.32. The summed E-state index contributed by atoms with van der Waals surface area (Å²) < 4.78 is 18.7. The van der Waals surface area contributed by atoms with Gasteiger partial charge in [0.15, 0.2) is 5.82 Å². The minimum atomic E-state index is -0.628. The van der Waals surface area contributed by atoms with E-state index in [9.17, 15) is 9.18 Å². The van der Waals surface area contributed by atoms with Gasteiger partial charge in [-0.05, 0) is 18.2 Å². The quantitative estimate of drug-likeness (QED) is 0.452. The SMILES string of the molecule is O=C(c1nnc(-c2ccc(F)cn2)o1)N1CCc2[nH]cnc2[C@@H]1c1ncc2ccccc2n1. The van der Waals surface area contributed by atoms with Crippen molar-refractivity contribution in [3.8, 4) is 11.6 Å². The third-order valence-electron chi connectivity index (χ3n) is 5.49. The molecule has 0 radical (unpaired) electrons. The van der Waals surface area contributed by atoms with Crippen molar-refractivity contribution in [2.24, 2.45) is 0 Å². The zero-order valence-corrected chi connectivity index (χ0v) is 17.0. The highest BCUT2D eigenvalue weighted by Crippen LogP contribution is 2.33. The number of H-pyrrole nitrogens is 1. The molecule has 1 amide bonds. The zero-order chi connectivity index (χ0) is 22.4. The van der Waals surface area contributed by atoms with Crippen LogP contribution in [0.5, 0.6) is 0 Å². The molecule has 6 rings (SSSR count). The number of para-hydroxylation sites is 1. The van der Waals surface area contributed by atoms with E-state index < -0.39 is 17.8 Å². The molecule has 0 saturated heterocycles. The second kappa shape index (κ2) is 7.55. The van der Waals surface area contributed by atoms with Crippen LogP contribution in [0.3, 0.4) is 0 Å². The summed E-state index contributed by atoms with van der Waals surface area (Å²) in [5.74, 6) is -0.715. The maximum Gasteiger partial charge on any atom is 0.312 e. The van der Waals surface area contributed by atoms with Crippen LogP contribution < -0.4 is 0 Å². The van der Waals surface area contributed by atoms with Crippen LogP contribution in [0.1, 0.15) is 33.9 Å². The number of aromatic amines is 1. The molecule has 0 unspecified atom stereocenters. The number of amides is 1. The summed E-state index contributed by atoms with van der Waals surface area (Å²) >= 11 is 0. The Hall–Kier alpha value is -4.54. The van der Waals surface area contributed by atoms with Crippen LogP contribution in [0.15, 0.2) is 59.5 Å². The van der Waals surface area contributed by atoms with E-state index in [1.165, 1.54) is 12.1 Å². The molecule has 162 valence electrons. The van der Waals surface area contributed by atoms with Crippen LogP contribution in [0.2, 0.25) is 0 Å². The number of imidazole rings is 1. The smallest absolute Gasteiger partial charge is 0.312 e. The topological polar surface area (TPSA) is 127 Å². The summed E-state index contributed by atoms with van der Waals surface area (Å²) in [7, 11) is 0. The van der Waals surface area contributed by atoms with Gasteiger partial charge in [-0.3, -0.25) is 4.79 Å². The number of hydrogen-bond acceptors (Lipinski definition) is 8. The number of carbonyl (C=O) groups is 1. The van der Waals surface area contributed by atoms with Gasteiger partial charge < -0.3 is 14.3 Å². The number of rotatable bonds is 3. The molecule has 1 aliphatic heterocycles. The molecule has 1 atom stereocenters. The molecular weight excluding hydrogens is 427 g/mol. The number of benzene rings is 1. The van der Waals surface area contributed by atoms with Gasteiger partial charge in [-0.1, -0.05) is 18.2 Å². The van der Waals surface area contributed by atoms with E-state index in [4.69, 9.17) is 9.40 Å². The van der Waals surface area contributed by atoms with Crippen LogP contribution in [-0.4, -0.2) is 52.5 Å². The second-order valence-corrected chi connectivity index (χ2v) is 7.48. The lowest BCUT2D eigenvalue weighted by molar-refractivity contribution is 0.0643. The third kappa shape index (κ3) is 3.30. The first-order valence-electron chi connectivity index (χ1n) is 10.2. The Kier molecular flexibility index (Phi) is 4.39. The van der Waals surface area contributed by atoms with Crippen molar-refractivity contribution in [3.05, 3.63) is 84.0 Å². The molecule has 5 aromatic rings. The molecular formula is C22H15FN8O2. The zero-order valence-electron chi connectivity index (χ0n) is 17.0. The van der Waals surface area contributed by atoms with Crippen LogP contribution in [0, 0.1) is 5.82 Å². The van der Waals surface area contributed by atoms with Gasteiger partial charge in [0.1, 0.15) is 17.6 Å². The predicted octanol–water partition coefficient (Wildman–Crippen LogP) is 2.72. The standard InChI is InChI=1S/C22H15FN8O2/c23-13-5-6-16(24-10-13)20-29-30-21(33-20)22(32)31-8-7-15-17(27-11-26-15)18(31)19-25-9-12-3-1-2-4-14(12)28-19/h1-6,9-11,18H,7-8H2,(H,26,27)/t18-/m1/s1. The first-order chi connectivity index (χ1) is 16.2. The molecule has 11 heteroatoms. The Labute approximate surface area is 185 Å². The molecule has 4 aromatic heterocycles. The van der Waals surface area contributed by atoms with Crippen LogP contribution in [-0.2, 0) is 6.42 Å². The Morgan fingerprint density at radius 1 is 1.09 bits per heavy atom. The molecule has 5 heterocycles. The number of halogens is 1. The van der Waals surface area contributed by atoms with Crippen molar-refractivity contribution in [3.63, 3.8) is 0 Å². The highest BCUT2D eigenvalue weighted by Gasteiger charge is 2.38. The minimum Gasteiger partial charge on any atom is -0.411 e. The van der Waals surface area contributed by atoms with Gasteiger partial charge in [-0.15, -0.1) is 10.2 Å². The maximum absolute atomic E-state index is 13.4. The molecule has 10 nitrogen and oxygen atoms in total. The Morgan fingerprint density at radius 2 is 2.00 bits per heavy atom. The summed E-state index contributed by atoms with van der Waals surface area (Å²) in [5.41, 5.74) is 2.62. The molecule has 0 spiro atoms. The molecule has 0 bridgehead atoms. The molecule has 1 N–H and O–H groups in total. The molecule has 0 aliphatic carbocycles. The van der Waals surface area contributed by atoms with Crippen molar-refractivity contribution in [1.82, 2.24) is 40.0 Å². The lowest BCUT2D eigenvalue weighted by Crippen LogP contribution is -2.41. The van der Waals surface area contributed by atoms with Crippen molar-refractivity contribution in [1.29, 1.82) is 0 Å². The number of aromatic nitrogens is 7. The van der Waals surface area contributed by atoms with E-state index in [1.54, 1.807) is 17.4 Å². The van der Waals surface area contributed by atoms with Crippen LogP contribution in [0.4, 0.5) is 4.39 Å². The molecule has 1 aliphatic rings. The lowest BCUT2D eigenvalue weighted by atomic mass is 10.0. The Balaban J connectivity index is 1.39. The average molecular weight is 442 g/mol. The van der Waals surface area contributed by atoms with Crippen LogP contribution in [0.25, 0.3) is 22.5 Å². The van der Waals surface area contributed by atoms with Gasteiger partial charge in [-0.2, -0.15) is 0 Å². The van der Waals surface area contributed by atoms with Crippen molar-refractivity contribution in [2.45, 2.75) is 12.5 Å². The minimum absolute atomic E-state index is 0.0225. The fourth-order valence-electron chi connectivity index (χ4n) is 3.91. The normalized spacial score (nSPS) is 15.5. The summed E-state index contributed by atoms with van der Waals surface area (Å²) in [6, 6.07) is 9.62. The monoisotopic (exact) mass is 442 g/mol. The number of nitrogens with one attached hydrogen (secondary N) is 1. The number of pyridine rings is 1. The highest BCUT2D eigenvalue weighted by atomic mass is 19.1. The number of hydrogen-bond donors (Lipinski definition) is 1. The maximum atomic E-state index is 13.4. The van der Waals surface area contributed by atoms with Gasteiger partial charge in [-0.25, -0.2) is 24.3 Å². The number of nitrogens with zero attached hydrogens (tertiary/aromatic N) is 7. The van der Waals surface area contributed by atoms with Crippen molar-refractivity contribution < 1.29 is 13.6 Å². The predicted molar refractivity (Wildman–Crippen MR) is 112 cm³/mol. The van der Waals surface area contributed by atoms with E-state index in [0.717, 1.165) is 22.8 Å². The first-order valence-corrected chi connectivity index (χ1v) is 10.2. The molecule has 1 aromatic carbocycles. The third-order valence-corrected chi connectivity index (χ3v) is 5.49. The highest BCUT2D eigenvalue weighted by molar-refractivity contribution is 5.90. The average Bonchev–Trinajstić information content (AvgIpc) is 3.53. The van der Waals surface area contributed by atoms with E-state index in [2.05, 4.69) is 30.1 Å². The second-order valence-electron chi connectivity index (χ2n) is 7.48. The van der Waals surface area contributed by atoms with Gasteiger partial charge in [0.05, 0.1) is 23.7 Å². The summed E-state index contributed by atoms with van der Waals surface area (Å²) in [6.07, 6.45) is 4.94. The van der Waals surface area contributed by atoms with Crippen LogP contribution >= 0.6 is 0 Å². The van der Waals surface area contributed by atoms with Gasteiger partial charge in [0, 0.05) is 30.2 Å². The molecule has 0 fully saturated rings. The number of carbonyl (C=O) groups excluding carboxylic acids is 1. The van der Waals surface area contributed by atoms with E-state index in [-0.39, 0.29) is 17.5 Å². The number of fused-ring (bicyclic) bond motifs is 2.